The minimum Gasteiger partial charge on any atom is -0.331 e. The molecule has 2 aromatic rings. The second-order valence-corrected chi connectivity index (χ2v) is 3.81. The molecule has 0 aliphatic heterocycles. The fraction of sp³-hybridized carbons (Fsp3) is 0.100. The predicted octanol–water partition coefficient (Wildman–Crippen LogP) is 3.54. The zero-order valence-corrected chi connectivity index (χ0v) is 9.03. The average molecular weight is 225 g/mol. The van der Waals surface area contributed by atoms with Crippen LogP contribution in [0.25, 0.3) is 11.0 Å². The van der Waals surface area contributed by atoms with Crippen LogP contribution in [-0.4, -0.2) is 9.55 Å². The molecule has 0 unspecified atom stereocenters. The Bertz CT molecular complexity index is 539. The van der Waals surface area contributed by atoms with E-state index in [-0.39, 0.29) is 0 Å². The minimum absolute atomic E-state index is 0.694. The summed E-state index contributed by atoms with van der Waals surface area (Å²) in [5.41, 5.74) is 2.02. The number of halogens is 1. The Labute approximate surface area is 91.8 Å². The second-order valence-electron chi connectivity index (χ2n) is 2.99. The van der Waals surface area contributed by atoms with Crippen LogP contribution < -0.4 is 0 Å². The van der Waals surface area contributed by atoms with Crippen LogP contribution in [0.4, 0.5) is 0 Å². The maximum Gasteiger partial charge on any atom is 0.178 e. The summed E-state index contributed by atoms with van der Waals surface area (Å²) >= 11 is 11.1. The minimum atomic E-state index is 0.694. The average Bonchev–Trinajstić information content (AvgIpc) is 2.45. The standard InChI is InChI=1S/C10H9ClN2S/c1-2-5-13-9-6-7(11)3-4-8(9)12-10(13)14/h2-4,6H,1,5H2,(H,12,14). The molecule has 0 aliphatic carbocycles. The SMILES string of the molecule is C=CCn1c(=S)[nH]c2ccc(Cl)cc21. The van der Waals surface area contributed by atoms with Crippen molar-refractivity contribution in [2.24, 2.45) is 0 Å². The van der Waals surface area contributed by atoms with E-state index in [4.69, 9.17) is 23.8 Å². The van der Waals surface area contributed by atoms with E-state index < -0.39 is 0 Å². The first-order valence-electron chi connectivity index (χ1n) is 4.21. The highest BCUT2D eigenvalue weighted by atomic mass is 35.5. The molecule has 2 rings (SSSR count). The van der Waals surface area contributed by atoms with Gasteiger partial charge < -0.3 is 9.55 Å². The van der Waals surface area contributed by atoms with Crippen molar-refractivity contribution in [2.75, 3.05) is 0 Å². The molecule has 14 heavy (non-hydrogen) atoms. The number of allylic oxidation sites excluding steroid dienone is 1. The fourth-order valence-corrected chi connectivity index (χ4v) is 1.89. The highest BCUT2D eigenvalue weighted by Gasteiger charge is 2.02. The molecule has 1 N–H and O–H groups in total. The van der Waals surface area contributed by atoms with Gasteiger partial charge in [0.2, 0.25) is 0 Å². The van der Waals surface area contributed by atoms with Crippen molar-refractivity contribution >= 4 is 34.9 Å². The molecule has 0 fully saturated rings. The molecule has 0 bridgehead atoms. The number of nitrogens with zero attached hydrogens (tertiary/aromatic N) is 1. The molecule has 1 heterocycles. The second kappa shape index (κ2) is 3.59. The summed E-state index contributed by atoms with van der Waals surface area (Å²) < 4.78 is 2.66. The third kappa shape index (κ3) is 1.49. The van der Waals surface area contributed by atoms with Gasteiger partial charge in [0.1, 0.15) is 0 Å². The van der Waals surface area contributed by atoms with Crippen molar-refractivity contribution in [1.82, 2.24) is 9.55 Å². The zero-order chi connectivity index (χ0) is 10.1. The van der Waals surface area contributed by atoms with Crippen LogP contribution in [0.3, 0.4) is 0 Å². The first-order chi connectivity index (χ1) is 6.72. The number of benzene rings is 1. The van der Waals surface area contributed by atoms with E-state index in [1.54, 1.807) is 0 Å². The van der Waals surface area contributed by atoms with Gasteiger partial charge in [-0.15, -0.1) is 6.58 Å². The van der Waals surface area contributed by atoms with E-state index in [0.29, 0.717) is 16.3 Å². The summed E-state index contributed by atoms with van der Waals surface area (Å²) in [5, 5.41) is 0.712. The Morgan fingerprint density at radius 2 is 2.36 bits per heavy atom. The number of hydrogen-bond donors (Lipinski definition) is 1. The molecule has 72 valence electrons. The number of imidazole rings is 1. The van der Waals surface area contributed by atoms with Gasteiger partial charge in [-0.3, -0.25) is 0 Å². The van der Waals surface area contributed by atoms with E-state index in [0.717, 1.165) is 11.0 Å². The topological polar surface area (TPSA) is 20.7 Å². The Balaban J connectivity index is 2.79. The van der Waals surface area contributed by atoms with Crippen LogP contribution in [-0.2, 0) is 6.54 Å². The number of rotatable bonds is 2. The first kappa shape index (κ1) is 9.49. The van der Waals surface area contributed by atoms with E-state index in [1.165, 1.54) is 0 Å². The number of hydrogen-bond acceptors (Lipinski definition) is 1. The molecule has 0 saturated heterocycles. The van der Waals surface area contributed by atoms with Gasteiger partial charge in [-0.25, -0.2) is 0 Å². The van der Waals surface area contributed by atoms with E-state index >= 15 is 0 Å². The maximum absolute atomic E-state index is 5.91. The Kier molecular flexibility index (Phi) is 2.44. The molecule has 4 heteroatoms. The summed E-state index contributed by atoms with van der Waals surface area (Å²) in [4.78, 5) is 3.11. The van der Waals surface area contributed by atoms with Gasteiger partial charge in [0.05, 0.1) is 11.0 Å². The molecule has 0 aliphatic rings. The van der Waals surface area contributed by atoms with Crippen LogP contribution >= 0.6 is 23.8 Å². The van der Waals surface area contributed by atoms with E-state index in [2.05, 4.69) is 11.6 Å². The lowest BCUT2D eigenvalue weighted by Crippen LogP contribution is -1.93. The fourth-order valence-electron chi connectivity index (χ4n) is 1.44. The smallest absolute Gasteiger partial charge is 0.178 e. The zero-order valence-electron chi connectivity index (χ0n) is 7.46. The quantitative estimate of drug-likeness (QED) is 0.611. The van der Waals surface area contributed by atoms with Crippen LogP contribution in [0.5, 0.6) is 0 Å². The first-order valence-corrected chi connectivity index (χ1v) is 5.00. The van der Waals surface area contributed by atoms with Gasteiger partial charge in [0, 0.05) is 11.6 Å². The van der Waals surface area contributed by atoms with Crippen molar-refractivity contribution in [3.05, 3.63) is 40.6 Å². The molecular weight excluding hydrogens is 216 g/mol. The molecule has 0 atom stereocenters. The summed E-state index contributed by atoms with van der Waals surface area (Å²) in [6.07, 6.45) is 1.81. The van der Waals surface area contributed by atoms with Crippen LogP contribution in [0.2, 0.25) is 5.02 Å². The van der Waals surface area contributed by atoms with Crippen molar-refractivity contribution in [3.8, 4) is 0 Å². The Morgan fingerprint density at radius 3 is 3.07 bits per heavy atom. The largest absolute Gasteiger partial charge is 0.331 e. The maximum atomic E-state index is 5.91. The lowest BCUT2D eigenvalue weighted by atomic mass is 10.3. The van der Waals surface area contributed by atoms with Gasteiger partial charge in [-0.05, 0) is 30.4 Å². The number of nitrogens with one attached hydrogen (secondary N) is 1. The molecule has 0 amide bonds. The van der Waals surface area contributed by atoms with Gasteiger partial charge >= 0.3 is 0 Å². The highest BCUT2D eigenvalue weighted by Crippen LogP contribution is 2.19. The molecule has 0 saturated carbocycles. The van der Waals surface area contributed by atoms with Crippen LogP contribution in [0, 0.1) is 4.77 Å². The monoisotopic (exact) mass is 224 g/mol. The van der Waals surface area contributed by atoms with Gasteiger partial charge in [-0.2, -0.15) is 0 Å². The van der Waals surface area contributed by atoms with Gasteiger partial charge in [0.15, 0.2) is 4.77 Å². The van der Waals surface area contributed by atoms with E-state index in [1.807, 2.05) is 28.8 Å². The lowest BCUT2D eigenvalue weighted by Gasteiger charge is -1.99. The van der Waals surface area contributed by atoms with Crippen molar-refractivity contribution in [3.63, 3.8) is 0 Å². The van der Waals surface area contributed by atoms with Crippen molar-refractivity contribution in [1.29, 1.82) is 0 Å². The Morgan fingerprint density at radius 1 is 1.57 bits per heavy atom. The molecular formula is C10H9ClN2S. The van der Waals surface area contributed by atoms with Gasteiger partial charge in [-0.1, -0.05) is 17.7 Å². The molecule has 2 nitrogen and oxygen atoms in total. The molecule has 1 aromatic heterocycles. The number of aromatic nitrogens is 2. The number of aromatic amines is 1. The predicted molar refractivity (Wildman–Crippen MR) is 62.3 cm³/mol. The summed E-state index contributed by atoms with van der Waals surface area (Å²) in [7, 11) is 0. The molecule has 0 spiro atoms. The van der Waals surface area contributed by atoms with Crippen molar-refractivity contribution < 1.29 is 0 Å². The molecule has 0 radical (unpaired) electrons. The third-order valence-corrected chi connectivity index (χ3v) is 2.61. The molecule has 1 aromatic carbocycles. The number of fused-ring (bicyclic) bond motifs is 1. The highest BCUT2D eigenvalue weighted by molar-refractivity contribution is 7.71. The van der Waals surface area contributed by atoms with Crippen molar-refractivity contribution in [2.45, 2.75) is 6.54 Å². The Hall–Kier alpha value is -1.06. The van der Waals surface area contributed by atoms with Crippen LogP contribution in [0.15, 0.2) is 30.9 Å². The summed E-state index contributed by atoms with van der Waals surface area (Å²) in [6.45, 7) is 4.39. The van der Waals surface area contributed by atoms with E-state index in [9.17, 15) is 0 Å². The van der Waals surface area contributed by atoms with Gasteiger partial charge in [0.25, 0.3) is 0 Å². The third-order valence-electron chi connectivity index (χ3n) is 2.05. The summed E-state index contributed by atoms with van der Waals surface area (Å²) in [5.74, 6) is 0. The normalized spacial score (nSPS) is 10.6. The van der Waals surface area contributed by atoms with Crippen LogP contribution in [0.1, 0.15) is 0 Å². The number of H-pyrrole nitrogens is 1. The summed E-state index contributed by atoms with van der Waals surface area (Å²) in [6, 6.07) is 5.66. The lowest BCUT2D eigenvalue weighted by molar-refractivity contribution is 0.836.